The molecule has 0 aliphatic rings. The molecule has 8 rings (SSSR count). The quantitative estimate of drug-likeness (QED) is 0.155. The summed E-state index contributed by atoms with van der Waals surface area (Å²) >= 11 is 0. The van der Waals surface area contributed by atoms with Gasteiger partial charge in [-0.2, -0.15) is 0 Å². The molecule has 6 heteroatoms. The van der Waals surface area contributed by atoms with Gasteiger partial charge >= 0.3 is 0 Å². The van der Waals surface area contributed by atoms with E-state index in [1.165, 1.54) is 5.56 Å². The van der Waals surface area contributed by atoms with E-state index in [-0.39, 0.29) is 0 Å². The zero-order chi connectivity index (χ0) is 30.5. The molecule has 2 aromatic heterocycles. The lowest BCUT2D eigenvalue weighted by Crippen LogP contribution is -2.31. The Labute approximate surface area is 265 Å². The summed E-state index contributed by atoms with van der Waals surface area (Å²) < 4.78 is 2.00. The third-order valence-electron chi connectivity index (χ3n) is 8.46. The molecule has 0 amide bonds. The molecule has 0 unspecified atom stereocenters. The van der Waals surface area contributed by atoms with Gasteiger partial charge < -0.3 is 0 Å². The molecule has 2 heterocycles. The number of nitrogens with zero attached hydrogens (tertiary/aromatic N) is 3. The molecule has 3 nitrogen and oxygen atoms in total. The number of benzene rings is 6. The normalized spacial score (nSPS) is 11.8. The van der Waals surface area contributed by atoms with Crippen LogP contribution in [-0.4, -0.2) is 38.1 Å². The van der Waals surface area contributed by atoms with E-state index < -0.39 is 5.11 Å². The standard InChI is InChI=1S/C39H24B3N3/c40-39(41,42)38-44-33-17-6-8-19-35(33)45(38)34-18-7-5-16-32(34)37-30-14-3-1-12-28(30)36(29-13-2-4-15-31(29)37)27-11-9-10-26(24-27)25-20-22-43-23-21-25/h1-24H. The molecule has 0 N–H and O–H groups in total. The fourth-order valence-corrected chi connectivity index (χ4v) is 6.57. The van der Waals surface area contributed by atoms with Crippen LogP contribution in [0.1, 0.15) is 5.82 Å². The number of hydrogen-bond acceptors (Lipinski definition) is 2. The second-order valence-electron chi connectivity index (χ2n) is 11.4. The Morgan fingerprint density at radius 1 is 0.511 bits per heavy atom. The average molecular weight is 567 g/mol. The van der Waals surface area contributed by atoms with Gasteiger partial charge in [0.25, 0.3) is 0 Å². The van der Waals surface area contributed by atoms with Gasteiger partial charge in [0, 0.05) is 18.0 Å². The molecule has 6 radical (unpaired) electrons. The Hall–Kier alpha value is -5.35. The van der Waals surface area contributed by atoms with Crippen LogP contribution in [0.3, 0.4) is 0 Å². The van der Waals surface area contributed by atoms with Gasteiger partial charge in [-0.3, -0.25) is 9.55 Å². The molecule has 6 aromatic carbocycles. The van der Waals surface area contributed by atoms with Crippen molar-refractivity contribution in [2.24, 2.45) is 0 Å². The number of pyridine rings is 1. The molecule has 45 heavy (non-hydrogen) atoms. The highest BCUT2D eigenvalue weighted by molar-refractivity contribution is 6.58. The zero-order valence-electron chi connectivity index (χ0n) is 24.4. The molecule has 0 bridgehead atoms. The van der Waals surface area contributed by atoms with E-state index in [0.29, 0.717) is 5.82 Å². The maximum absolute atomic E-state index is 6.34. The van der Waals surface area contributed by atoms with Gasteiger partial charge in [-0.05, 0) is 85.8 Å². The van der Waals surface area contributed by atoms with Crippen molar-refractivity contribution in [2.45, 2.75) is 5.11 Å². The minimum absolute atomic E-state index is 0.384. The Kier molecular flexibility index (Phi) is 6.46. The van der Waals surface area contributed by atoms with Crippen LogP contribution in [0.4, 0.5) is 0 Å². The van der Waals surface area contributed by atoms with Gasteiger partial charge in [0.1, 0.15) is 0 Å². The van der Waals surface area contributed by atoms with Crippen molar-refractivity contribution in [1.29, 1.82) is 0 Å². The predicted molar refractivity (Wildman–Crippen MR) is 189 cm³/mol. The molecule has 204 valence electrons. The predicted octanol–water partition coefficient (Wildman–Crippen LogP) is 8.34. The Morgan fingerprint density at radius 3 is 1.78 bits per heavy atom. The maximum atomic E-state index is 6.34. The number of fused-ring (bicyclic) bond motifs is 3. The molecule has 0 atom stereocenters. The third kappa shape index (κ3) is 4.57. The highest BCUT2D eigenvalue weighted by Gasteiger charge is 2.25. The number of rotatable bonds is 5. The number of hydrogen-bond donors (Lipinski definition) is 0. The molecule has 0 fully saturated rings. The highest BCUT2D eigenvalue weighted by Crippen LogP contribution is 2.46. The number of para-hydroxylation sites is 3. The zero-order valence-corrected chi connectivity index (χ0v) is 24.4. The van der Waals surface area contributed by atoms with Gasteiger partial charge in [0.2, 0.25) is 0 Å². The lowest BCUT2D eigenvalue weighted by atomic mass is 9.42. The van der Waals surface area contributed by atoms with E-state index in [0.717, 1.165) is 66.1 Å². The van der Waals surface area contributed by atoms with Crippen molar-refractivity contribution in [3.05, 3.63) is 152 Å². The van der Waals surface area contributed by atoms with Crippen LogP contribution < -0.4 is 0 Å². The summed E-state index contributed by atoms with van der Waals surface area (Å²) in [5.74, 6) is 0.384. The number of imidazole rings is 1. The molecule has 8 aromatic rings. The second kappa shape index (κ2) is 10.7. The summed E-state index contributed by atoms with van der Waals surface area (Å²) in [6.45, 7) is 0. The topological polar surface area (TPSA) is 30.7 Å². The minimum Gasteiger partial charge on any atom is -0.297 e. The van der Waals surface area contributed by atoms with E-state index in [4.69, 9.17) is 28.5 Å². The van der Waals surface area contributed by atoms with Crippen molar-refractivity contribution in [3.63, 3.8) is 0 Å². The van der Waals surface area contributed by atoms with E-state index >= 15 is 0 Å². The summed E-state index contributed by atoms with van der Waals surface area (Å²) in [5, 5.41) is 2.95. The Balaban J connectivity index is 1.46. The van der Waals surface area contributed by atoms with Crippen LogP contribution in [0.5, 0.6) is 0 Å². The lowest BCUT2D eigenvalue weighted by Gasteiger charge is -2.24. The summed E-state index contributed by atoms with van der Waals surface area (Å²) in [6.07, 6.45) is 3.66. The van der Waals surface area contributed by atoms with Crippen LogP contribution in [0.2, 0.25) is 0 Å². The van der Waals surface area contributed by atoms with Crippen LogP contribution in [0, 0.1) is 0 Å². The van der Waals surface area contributed by atoms with Crippen LogP contribution >= 0.6 is 0 Å². The number of aromatic nitrogens is 3. The first kappa shape index (κ1) is 27.2. The Bertz CT molecular complexity index is 2320. The maximum Gasteiger partial charge on any atom is 0.0951 e. The average Bonchev–Trinajstić information content (AvgIpc) is 3.48. The largest absolute Gasteiger partial charge is 0.297 e. The van der Waals surface area contributed by atoms with Crippen LogP contribution in [-0.2, 0) is 5.11 Å². The fourth-order valence-electron chi connectivity index (χ4n) is 6.57. The SMILES string of the molecule is [B]C([B])([B])c1nc2ccccc2n1-c1ccccc1-c1c2ccccc2c(-c2cccc(-c3ccncc3)c2)c2ccccc12. The van der Waals surface area contributed by atoms with Crippen molar-refractivity contribution >= 4 is 56.1 Å². The van der Waals surface area contributed by atoms with E-state index in [9.17, 15) is 0 Å². The lowest BCUT2D eigenvalue weighted by molar-refractivity contribution is 0.931. The fraction of sp³-hybridized carbons (Fsp3) is 0.0256. The van der Waals surface area contributed by atoms with E-state index in [1.54, 1.807) is 0 Å². The minimum atomic E-state index is -1.65. The van der Waals surface area contributed by atoms with Crippen molar-refractivity contribution in [2.75, 3.05) is 0 Å². The third-order valence-corrected chi connectivity index (χ3v) is 8.46. The van der Waals surface area contributed by atoms with Gasteiger partial charge in [0.15, 0.2) is 0 Å². The van der Waals surface area contributed by atoms with Gasteiger partial charge in [-0.25, -0.2) is 4.98 Å². The molecule has 0 aliphatic carbocycles. The molecular weight excluding hydrogens is 543 g/mol. The van der Waals surface area contributed by atoms with Crippen molar-refractivity contribution in [3.8, 4) is 39.1 Å². The second-order valence-corrected chi connectivity index (χ2v) is 11.4. The molecular formula is C39H24B3N3. The monoisotopic (exact) mass is 567 g/mol. The van der Waals surface area contributed by atoms with E-state index in [1.807, 2.05) is 59.4 Å². The molecule has 0 aliphatic heterocycles. The summed E-state index contributed by atoms with van der Waals surface area (Å²) in [7, 11) is 19.0. The Morgan fingerprint density at radius 2 is 1.09 bits per heavy atom. The smallest absolute Gasteiger partial charge is 0.0951 e. The van der Waals surface area contributed by atoms with Gasteiger partial charge in [0.05, 0.1) is 46.1 Å². The van der Waals surface area contributed by atoms with Gasteiger partial charge in [-0.1, -0.05) is 102 Å². The molecule has 0 saturated carbocycles. The summed E-state index contributed by atoms with van der Waals surface area (Å²) in [5.41, 5.74) is 9.30. The van der Waals surface area contributed by atoms with Crippen molar-refractivity contribution in [1.82, 2.24) is 14.5 Å². The first-order valence-electron chi connectivity index (χ1n) is 14.9. The first-order valence-corrected chi connectivity index (χ1v) is 14.9. The molecule has 0 saturated heterocycles. The summed E-state index contributed by atoms with van der Waals surface area (Å²) in [4.78, 5) is 9.00. The van der Waals surface area contributed by atoms with Crippen LogP contribution in [0.15, 0.2) is 146 Å². The summed E-state index contributed by atoms with van der Waals surface area (Å²) in [6, 6.07) is 46.3. The first-order chi connectivity index (χ1) is 22.0. The van der Waals surface area contributed by atoms with Crippen LogP contribution in [0.25, 0.3) is 71.6 Å². The molecule has 0 spiro atoms. The highest BCUT2D eigenvalue weighted by atomic mass is 15.1. The van der Waals surface area contributed by atoms with Crippen molar-refractivity contribution < 1.29 is 0 Å². The van der Waals surface area contributed by atoms with Gasteiger partial charge in [-0.15, -0.1) is 0 Å². The van der Waals surface area contributed by atoms with E-state index in [2.05, 4.69) is 96.0 Å².